The van der Waals surface area contributed by atoms with Crippen LogP contribution in [0.3, 0.4) is 0 Å². The predicted octanol–water partition coefficient (Wildman–Crippen LogP) is 2.35. The highest BCUT2D eigenvalue weighted by Crippen LogP contribution is 2.56. The van der Waals surface area contributed by atoms with Gasteiger partial charge in [-0.1, -0.05) is 11.1 Å². The maximum absolute atomic E-state index is 11.8. The second kappa shape index (κ2) is 2.73. The van der Waals surface area contributed by atoms with Crippen LogP contribution in [-0.4, -0.2) is 11.6 Å². The first-order valence-electron chi connectivity index (χ1n) is 6.26. The standard InChI is InChI=1S/C14H14O2/c15-11-3-1-7-5-9-10(13(7)11)6-8-2-4-12(16)14(8)9/h9-10H,1-6H2/t9-,10-/m0/s1. The van der Waals surface area contributed by atoms with Crippen LogP contribution in [0.1, 0.15) is 38.5 Å². The molecule has 0 radical (unpaired) electrons. The average Bonchev–Trinajstić information content (AvgIpc) is 2.90. The second-order valence-corrected chi connectivity index (χ2v) is 5.50. The van der Waals surface area contributed by atoms with Crippen LogP contribution in [0.4, 0.5) is 0 Å². The smallest absolute Gasteiger partial charge is 0.159 e. The Labute approximate surface area is 94.4 Å². The Balaban J connectivity index is 1.75. The van der Waals surface area contributed by atoms with Gasteiger partial charge in [-0.15, -0.1) is 0 Å². The van der Waals surface area contributed by atoms with Gasteiger partial charge in [-0.25, -0.2) is 0 Å². The average molecular weight is 214 g/mol. The van der Waals surface area contributed by atoms with Crippen molar-refractivity contribution in [3.05, 3.63) is 22.3 Å². The van der Waals surface area contributed by atoms with E-state index in [1.54, 1.807) is 0 Å². The van der Waals surface area contributed by atoms with Gasteiger partial charge in [0, 0.05) is 12.8 Å². The molecule has 4 rings (SSSR count). The van der Waals surface area contributed by atoms with Crippen molar-refractivity contribution >= 4 is 11.6 Å². The summed E-state index contributed by atoms with van der Waals surface area (Å²) in [6.07, 6.45) is 5.42. The normalized spacial score (nSPS) is 36.2. The van der Waals surface area contributed by atoms with Gasteiger partial charge in [0.25, 0.3) is 0 Å². The third-order valence-electron chi connectivity index (χ3n) is 4.83. The fourth-order valence-electron chi connectivity index (χ4n) is 4.25. The summed E-state index contributed by atoms with van der Waals surface area (Å²) in [6.45, 7) is 0. The van der Waals surface area contributed by atoms with Crippen molar-refractivity contribution in [1.82, 2.24) is 0 Å². The van der Waals surface area contributed by atoms with E-state index in [-0.39, 0.29) is 0 Å². The molecular formula is C14H14O2. The van der Waals surface area contributed by atoms with Crippen molar-refractivity contribution < 1.29 is 9.59 Å². The van der Waals surface area contributed by atoms with E-state index in [2.05, 4.69) is 0 Å². The van der Waals surface area contributed by atoms with Crippen molar-refractivity contribution in [2.75, 3.05) is 0 Å². The molecular weight excluding hydrogens is 200 g/mol. The van der Waals surface area contributed by atoms with Crippen LogP contribution in [-0.2, 0) is 9.59 Å². The first-order chi connectivity index (χ1) is 7.75. The van der Waals surface area contributed by atoms with Gasteiger partial charge in [-0.2, -0.15) is 0 Å². The summed E-state index contributed by atoms with van der Waals surface area (Å²) in [5, 5.41) is 0. The minimum absolute atomic E-state index is 0.371. The Morgan fingerprint density at radius 1 is 0.688 bits per heavy atom. The molecule has 2 atom stereocenters. The number of carbonyl (C=O) groups excluding carboxylic acids is 2. The van der Waals surface area contributed by atoms with Gasteiger partial charge in [0.2, 0.25) is 0 Å². The summed E-state index contributed by atoms with van der Waals surface area (Å²) in [7, 11) is 0. The van der Waals surface area contributed by atoms with Crippen molar-refractivity contribution in [3.63, 3.8) is 0 Å². The van der Waals surface area contributed by atoms with Crippen LogP contribution in [0, 0.1) is 11.8 Å². The van der Waals surface area contributed by atoms with Gasteiger partial charge >= 0.3 is 0 Å². The van der Waals surface area contributed by atoms with Gasteiger partial charge in [-0.05, 0) is 48.7 Å². The van der Waals surface area contributed by atoms with Crippen molar-refractivity contribution in [2.24, 2.45) is 11.8 Å². The fourth-order valence-corrected chi connectivity index (χ4v) is 4.25. The molecule has 0 amide bonds. The lowest BCUT2D eigenvalue weighted by Crippen LogP contribution is -2.16. The molecule has 2 nitrogen and oxygen atoms in total. The molecule has 0 unspecified atom stereocenters. The highest BCUT2D eigenvalue weighted by atomic mass is 16.1. The maximum Gasteiger partial charge on any atom is 0.159 e. The molecule has 0 fully saturated rings. The lowest BCUT2D eigenvalue weighted by atomic mass is 9.86. The number of ketones is 2. The Bertz CT molecular complexity index is 447. The predicted molar refractivity (Wildman–Crippen MR) is 58.7 cm³/mol. The molecule has 0 spiro atoms. The van der Waals surface area contributed by atoms with E-state index in [0.717, 1.165) is 49.7 Å². The summed E-state index contributed by atoms with van der Waals surface area (Å²) in [5.41, 5.74) is 5.02. The Morgan fingerprint density at radius 2 is 1.12 bits per heavy atom. The molecule has 0 bridgehead atoms. The highest BCUT2D eigenvalue weighted by molar-refractivity contribution is 6.04. The number of carbonyl (C=O) groups is 2. The topological polar surface area (TPSA) is 34.1 Å². The van der Waals surface area contributed by atoms with E-state index in [4.69, 9.17) is 0 Å². The SMILES string of the molecule is O=C1CCC2=C1[C@H]1CC3=C(C(=O)CC3)[C@H]1C2. The summed E-state index contributed by atoms with van der Waals surface area (Å²) in [5.74, 6) is 1.55. The van der Waals surface area contributed by atoms with Crippen molar-refractivity contribution in [3.8, 4) is 0 Å². The lowest BCUT2D eigenvalue weighted by Gasteiger charge is -2.16. The van der Waals surface area contributed by atoms with Crippen LogP contribution in [0.25, 0.3) is 0 Å². The fraction of sp³-hybridized carbons (Fsp3) is 0.571. The van der Waals surface area contributed by atoms with Crippen LogP contribution in [0.2, 0.25) is 0 Å². The first kappa shape index (κ1) is 8.91. The van der Waals surface area contributed by atoms with E-state index in [1.807, 2.05) is 0 Å². The molecule has 16 heavy (non-hydrogen) atoms. The van der Waals surface area contributed by atoms with Gasteiger partial charge in [0.05, 0.1) is 0 Å². The van der Waals surface area contributed by atoms with E-state index in [9.17, 15) is 9.59 Å². The zero-order valence-corrected chi connectivity index (χ0v) is 9.21. The van der Waals surface area contributed by atoms with Gasteiger partial charge in [-0.3, -0.25) is 9.59 Å². The van der Waals surface area contributed by atoms with Crippen LogP contribution in [0.15, 0.2) is 22.3 Å². The number of rotatable bonds is 0. The zero-order chi connectivity index (χ0) is 10.9. The van der Waals surface area contributed by atoms with Crippen molar-refractivity contribution in [1.29, 1.82) is 0 Å². The molecule has 0 N–H and O–H groups in total. The molecule has 82 valence electrons. The molecule has 0 saturated carbocycles. The monoisotopic (exact) mass is 214 g/mol. The minimum atomic E-state index is 0.371. The third kappa shape index (κ3) is 0.892. The summed E-state index contributed by atoms with van der Waals surface area (Å²) >= 11 is 0. The maximum atomic E-state index is 11.8. The minimum Gasteiger partial charge on any atom is -0.295 e. The van der Waals surface area contributed by atoms with Crippen LogP contribution >= 0.6 is 0 Å². The Morgan fingerprint density at radius 3 is 1.56 bits per heavy atom. The Hall–Kier alpha value is -1.18. The number of Topliss-reactive ketones (excluding diaryl/α,β-unsaturated/α-hetero) is 2. The highest BCUT2D eigenvalue weighted by Gasteiger charge is 2.49. The molecule has 0 aromatic heterocycles. The van der Waals surface area contributed by atoms with E-state index < -0.39 is 0 Å². The number of hydrogen-bond donors (Lipinski definition) is 0. The molecule has 0 aromatic rings. The number of hydrogen-bond acceptors (Lipinski definition) is 2. The van der Waals surface area contributed by atoms with Crippen LogP contribution < -0.4 is 0 Å². The largest absolute Gasteiger partial charge is 0.295 e. The van der Waals surface area contributed by atoms with E-state index in [0.29, 0.717) is 23.4 Å². The van der Waals surface area contributed by atoms with Crippen molar-refractivity contribution in [2.45, 2.75) is 38.5 Å². The molecule has 0 aliphatic heterocycles. The zero-order valence-electron chi connectivity index (χ0n) is 9.21. The van der Waals surface area contributed by atoms with Gasteiger partial charge < -0.3 is 0 Å². The van der Waals surface area contributed by atoms with E-state index >= 15 is 0 Å². The second-order valence-electron chi connectivity index (χ2n) is 5.50. The third-order valence-corrected chi connectivity index (χ3v) is 4.83. The quantitative estimate of drug-likeness (QED) is 0.620. The molecule has 0 heterocycles. The molecule has 2 heteroatoms. The number of fused-ring (bicyclic) bond motifs is 3. The van der Waals surface area contributed by atoms with Gasteiger partial charge in [0.1, 0.15) is 0 Å². The lowest BCUT2D eigenvalue weighted by molar-refractivity contribution is -0.117. The van der Waals surface area contributed by atoms with Crippen LogP contribution in [0.5, 0.6) is 0 Å². The number of allylic oxidation sites excluding steroid dienone is 4. The summed E-state index contributed by atoms with van der Waals surface area (Å²) in [4.78, 5) is 23.7. The summed E-state index contributed by atoms with van der Waals surface area (Å²) < 4.78 is 0. The summed E-state index contributed by atoms with van der Waals surface area (Å²) in [6, 6.07) is 0. The molecule has 0 saturated heterocycles. The Kier molecular flexibility index (Phi) is 1.52. The molecule has 4 aliphatic carbocycles. The molecule has 0 aromatic carbocycles. The van der Waals surface area contributed by atoms with E-state index in [1.165, 1.54) is 11.1 Å². The molecule has 4 aliphatic rings. The van der Waals surface area contributed by atoms with Gasteiger partial charge in [0.15, 0.2) is 11.6 Å². The first-order valence-corrected chi connectivity index (χ1v) is 6.26.